The zero-order valence-corrected chi connectivity index (χ0v) is 10.3. The maximum atomic E-state index is 11.6. The van der Waals surface area contributed by atoms with Crippen molar-refractivity contribution in [3.63, 3.8) is 0 Å². The highest BCUT2D eigenvalue weighted by Gasteiger charge is 2.22. The number of hydrogen-bond acceptors (Lipinski definition) is 4. The van der Waals surface area contributed by atoms with Gasteiger partial charge in [-0.3, -0.25) is 4.79 Å². The molecule has 0 heterocycles. The average molecular weight is 245 g/mol. The van der Waals surface area contributed by atoms with Crippen LogP contribution in [0.1, 0.15) is 17.3 Å². The molecule has 0 radical (unpaired) electrons. The Labute approximate surface area is 99.1 Å². The van der Waals surface area contributed by atoms with Crippen molar-refractivity contribution >= 4 is 17.4 Å². The standard InChI is InChI=1S/C11H13ClO4/c1-6(13)9-10(15-3)7(12)5-8(14-2)11(9)16-4/h5H,1-4H3. The summed E-state index contributed by atoms with van der Waals surface area (Å²) in [6, 6.07) is 1.55. The molecular formula is C11H13ClO4. The molecule has 0 amide bonds. The van der Waals surface area contributed by atoms with Gasteiger partial charge in [-0.25, -0.2) is 0 Å². The number of methoxy groups -OCH3 is 3. The van der Waals surface area contributed by atoms with Crippen molar-refractivity contribution in [3.05, 3.63) is 16.7 Å². The van der Waals surface area contributed by atoms with Gasteiger partial charge in [0.25, 0.3) is 0 Å². The first-order valence-corrected chi connectivity index (χ1v) is 4.94. The number of benzene rings is 1. The molecule has 16 heavy (non-hydrogen) atoms. The average Bonchev–Trinajstić information content (AvgIpc) is 2.27. The Kier molecular flexibility index (Phi) is 4.01. The summed E-state index contributed by atoms with van der Waals surface area (Å²) in [6.45, 7) is 1.41. The Morgan fingerprint density at radius 1 is 1.12 bits per heavy atom. The summed E-state index contributed by atoms with van der Waals surface area (Å²) in [4.78, 5) is 11.6. The predicted molar refractivity (Wildman–Crippen MR) is 61.1 cm³/mol. The number of ketones is 1. The molecule has 0 atom stereocenters. The highest BCUT2D eigenvalue weighted by molar-refractivity contribution is 6.33. The molecule has 1 aromatic carbocycles. The van der Waals surface area contributed by atoms with Crippen LogP contribution < -0.4 is 14.2 Å². The van der Waals surface area contributed by atoms with Gasteiger partial charge >= 0.3 is 0 Å². The zero-order valence-electron chi connectivity index (χ0n) is 9.59. The molecule has 0 aromatic heterocycles. The lowest BCUT2D eigenvalue weighted by molar-refractivity contribution is 0.101. The van der Waals surface area contributed by atoms with Crippen molar-refractivity contribution in [1.29, 1.82) is 0 Å². The highest BCUT2D eigenvalue weighted by atomic mass is 35.5. The van der Waals surface area contributed by atoms with Crippen LogP contribution in [0.2, 0.25) is 5.02 Å². The number of Topliss-reactive ketones (excluding diaryl/α,β-unsaturated/α-hetero) is 1. The van der Waals surface area contributed by atoms with Gasteiger partial charge < -0.3 is 14.2 Å². The molecule has 0 fully saturated rings. The molecule has 0 spiro atoms. The summed E-state index contributed by atoms with van der Waals surface area (Å²) in [6.07, 6.45) is 0. The first-order valence-electron chi connectivity index (χ1n) is 4.56. The lowest BCUT2D eigenvalue weighted by Gasteiger charge is -2.15. The van der Waals surface area contributed by atoms with Crippen LogP contribution in [-0.4, -0.2) is 27.1 Å². The molecular weight excluding hydrogens is 232 g/mol. The number of halogens is 1. The Hall–Kier alpha value is -1.42. The molecule has 1 aromatic rings. The van der Waals surface area contributed by atoms with E-state index < -0.39 is 0 Å². The van der Waals surface area contributed by atoms with Crippen LogP contribution in [0.25, 0.3) is 0 Å². The van der Waals surface area contributed by atoms with E-state index in [0.29, 0.717) is 22.3 Å². The van der Waals surface area contributed by atoms with Gasteiger partial charge in [0.05, 0.1) is 26.4 Å². The topological polar surface area (TPSA) is 44.8 Å². The van der Waals surface area contributed by atoms with Gasteiger partial charge in [0, 0.05) is 6.07 Å². The quantitative estimate of drug-likeness (QED) is 0.764. The maximum absolute atomic E-state index is 11.6. The first kappa shape index (κ1) is 12.6. The van der Waals surface area contributed by atoms with Gasteiger partial charge in [-0.15, -0.1) is 0 Å². The molecule has 0 unspecified atom stereocenters. The van der Waals surface area contributed by atoms with E-state index in [9.17, 15) is 4.79 Å². The Morgan fingerprint density at radius 2 is 1.69 bits per heavy atom. The molecule has 0 aliphatic heterocycles. The van der Waals surface area contributed by atoms with E-state index in [1.54, 1.807) is 6.07 Å². The van der Waals surface area contributed by atoms with Gasteiger partial charge in [0.1, 0.15) is 5.56 Å². The zero-order chi connectivity index (χ0) is 12.3. The summed E-state index contributed by atoms with van der Waals surface area (Å²) in [5.41, 5.74) is 0.286. The molecule has 0 aliphatic rings. The summed E-state index contributed by atoms with van der Waals surface area (Å²) in [7, 11) is 4.38. The number of hydrogen-bond donors (Lipinski definition) is 0. The monoisotopic (exact) mass is 244 g/mol. The summed E-state index contributed by atoms with van der Waals surface area (Å²) in [5.74, 6) is 0.830. The molecule has 4 nitrogen and oxygen atoms in total. The molecule has 0 bridgehead atoms. The minimum absolute atomic E-state index is 0.200. The van der Waals surface area contributed by atoms with E-state index >= 15 is 0 Å². The minimum atomic E-state index is -0.200. The molecule has 0 N–H and O–H groups in total. The van der Waals surface area contributed by atoms with Crippen LogP contribution in [0.4, 0.5) is 0 Å². The van der Waals surface area contributed by atoms with E-state index in [-0.39, 0.29) is 11.3 Å². The van der Waals surface area contributed by atoms with Crippen LogP contribution in [0.5, 0.6) is 17.2 Å². The molecule has 88 valence electrons. The normalized spacial score (nSPS) is 9.81. The van der Waals surface area contributed by atoms with Crippen LogP contribution in [0, 0.1) is 0 Å². The third kappa shape index (κ3) is 2.07. The van der Waals surface area contributed by atoms with E-state index in [2.05, 4.69) is 0 Å². The number of carbonyl (C=O) groups excluding carboxylic acids is 1. The first-order chi connectivity index (χ1) is 7.56. The lowest BCUT2D eigenvalue weighted by Crippen LogP contribution is -2.04. The van der Waals surface area contributed by atoms with Crippen molar-refractivity contribution in [1.82, 2.24) is 0 Å². The lowest BCUT2D eigenvalue weighted by atomic mass is 10.1. The molecule has 0 saturated carbocycles. The van der Waals surface area contributed by atoms with Gasteiger partial charge in [0.2, 0.25) is 0 Å². The third-order valence-electron chi connectivity index (χ3n) is 2.13. The Bertz CT molecular complexity index is 415. The highest BCUT2D eigenvalue weighted by Crippen LogP contribution is 2.42. The summed E-state index contributed by atoms with van der Waals surface area (Å²) in [5, 5.41) is 0.311. The molecule has 1 rings (SSSR count). The number of ether oxygens (including phenoxy) is 3. The predicted octanol–water partition coefficient (Wildman–Crippen LogP) is 2.57. The minimum Gasteiger partial charge on any atom is -0.494 e. The van der Waals surface area contributed by atoms with E-state index in [1.165, 1.54) is 28.3 Å². The number of carbonyl (C=O) groups is 1. The molecule has 0 aliphatic carbocycles. The van der Waals surface area contributed by atoms with E-state index in [4.69, 9.17) is 25.8 Å². The van der Waals surface area contributed by atoms with Crippen LogP contribution in [0.3, 0.4) is 0 Å². The van der Waals surface area contributed by atoms with Gasteiger partial charge in [-0.05, 0) is 6.92 Å². The van der Waals surface area contributed by atoms with Crippen LogP contribution >= 0.6 is 11.6 Å². The molecule has 5 heteroatoms. The number of rotatable bonds is 4. The fourth-order valence-electron chi connectivity index (χ4n) is 1.47. The van der Waals surface area contributed by atoms with Crippen LogP contribution in [-0.2, 0) is 0 Å². The maximum Gasteiger partial charge on any atom is 0.175 e. The fourth-order valence-corrected chi connectivity index (χ4v) is 1.74. The van der Waals surface area contributed by atoms with E-state index in [1.807, 2.05) is 0 Å². The van der Waals surface area contributed by atoms with Crippen molar-refractivity contribution in [2.24, 2.45) is 0 Å². The SMILES string of the molecule is COc1cc(Cl)c(OC)c(C(C)=O)c1OC. The second-order valence-corrected chi connectivity index (χ2v) is 3.47. The smallest absolute Gasteiger partial charge is 0.175 e. The third-order valence-corrected chi connectivity index (χ3v) is 2.41. The summed E-state index contributed by atoms with van der Waals surface area (Å²) < 4.78 is 15.3. The summed E-state index contributed by atoms with van der Waals surface area (Å²) >= 11 is 5.97. The molecule has 0 saturated heterocycles. The van der Waals surface area contributed by atoms with Crippen molar-refractivity contribution < 1.29 is 19.0 Å². The van der Waals surface area contributed by atoms with Gasteiger partial charge in [0.15, 0.2) is 23.0 Å². The van der Waals surface area contributed by atoms with Crippen molar-refractivity contribution in [2.45, 2.75) is 6.92 Å². The largest absolute Gasteiger partial charge is 0.494 e. The Morgan fingerprint density at radius 3 is 2.06 bits per heavy atom. The van der Waals surface area contributed by atoms with Crippen molar-refractivity contribution in [2.75, 3.05) is 21.3 Å². The van der Waals surface area contributed by atoms with Crippen molar-refractivity contribution in [3.8, 4) is 17.2 Å². The Balaban J connectivity index is 3.60. The van der Waals surface area contributed by atoms with Gasteiger partial charge in [-0.1, -0.05) is 11.6 Å². The second-order valence-electron chi connectivity index (χ2n) is 3.06. The van der Waals surface area contributed by atoms with Gasteiger partial charge in [-0.2, -0.15) is 0 Å². The van der Waals surface area contributed by atoms with Crippen LogP contribution in [0.15, 0.2) is 6.07 Å². The second kappa shape index (κ2) is 5.07. The van der Waals surface area contributed by atoms with E-state index in [0.717, 1.165) is 0 Å². The fraction of sp³-hybridized carbons (Fsp3) is 0.364.